The van der Waals surface area contributed by atoms with Crippen molar-refractivity contribution in [2.45, 2.75) is 26.4 Å². The molecule has 1 aromatic heterocycles. The average Bonchev–Trinajstić information content (AvgIpc) is 2.57. The van der Waals surface area contributed by atoms with Crippen LogP contribution in [0, 0.1) is 28.6 Å². The maximum Gasteiger partial charge on any atom is 0.148 e. The van der Waals surface area contributed by atoms with Crippen LogP contribution in [0.2, 0.25) is 0 Å². The topological polar surface area (TPSA) is 72.9 Å². The highest BCUT2D eigenvalue weighted by atomic mass is 16.5. The molecule has 0 unspecified atom stereocenters. The van der Waals surface area contributed by atoms with E-state index in [0.717, 1.165) is 37.3 Å². The number of piperidine rings is 1. The molecule has 1 atom stereocenters. The Morgan fingerprint density at radius 3 is 2.91 bits per heavy atom. The van der Waals surface area contributed by atoms with Gasteiger partial charge in [-0.05, 0) is 37.8 Å². The zero-order valence-electron chi connectivity index (χ0n) is 12.8. The summed E-state index contributed by atoms with van der Waals surface area (Å²) >= 11 is 0. The van der Waals surface area contributed by atoms with E-state index in [0.29, 0.717) is 19.1 Å². The van der Waals surface area contributed by atoms with Crippen LogP contribution >= 0.6 is 0 Å². The summed E-state index contributed by atoms with van der Waals surface area (Å²) in [5, 5.41) is 17.9. The zero-order chi connectivity index (χ0) is 15.8. The molecule has 114 valence electrons. The summed E-state index contributed by atoms with van der Waals surface area (Å²) in [6.45, 7) is 4.78. The lowest BCUT2D eigenvalue weighted by atomic mass is 9.98. The normalized spacial score (nSPS) is 17.4. The van der Waals surface area contributed by atoms with Crippen molar-refractivity contribution in [2.24, 2.45) is 5.92 Å². The molecule has 2 heterocycles. The van der Waals surface area contributed by atoms with E-state index in [-0.39, 0.29) is 5.57 Å². The van der Waals surface area contributed by atoms with Crippen molar-refractivity contribution in [2.75, 3.05) is 19.7 Å². The first-order chi connectivity index (χ1) is 10.7. The molecule has 0 bridgehead atoms. The minimum Gasteiger partial charge on any atom is -0.375 e. The van der Waals surface area contributed by atoms with Gasteiger partial charge in [0.1, 0.15) is 17.7 Å². The van der Waals surface area contributed by atoms with E-state index in [4.69, 9.17) is 15.3 Å². The molecule has 1 fully saturated rings. The van der Waals surface area contributed by atoms with Crippen molar-refractivity contribution in [3.05, 3.63) is 41.4 Å². The fourth-order valence-corrected chi connectivity index (χ4v) is 2.66. The predicted molar refractivity (Wildman–Crippen MR) is 82.1 cm³/mol. The number of ether oxygens (including phenoxy) is 1. The third-order valence-electron chi connectivity index (χ3n) is 3.91. The molecule has 5 heteroatoms. The zero-order valence-corrected chi connectivity index (χ0v) is 12.8. The minimum absolute atomic E-state index is 0.204. The number of rotatable bonds is 5. The van der Waals surface area contributed by atoms with Crippen LogP contribution in [-0.2, 0) is 11.3 Å². The van der Waals surface area contributed by atoms with Gasteiger partial charge < -0.3 is 9.64 Å². The van der Waals surface area contributed by atoms with Gasteiger partial charge in [-0.25, -0.2) is 0 Å². The largest absolute Gasteiger partial charge is 0.375 e. The van der Waals surface area contributed by atoms with Crippen LogP contribution in [0.5, 0.6) is 0 Å². The third kappa shape index (κ3) is 4.31. The van der Waals surface area contributed by atoms with Crippen LogP contribution in [-0.4, -0.2) is 29.6 Å². The van der Waals surface area contributed by atoms with Gasteiger partial charge in [-0.15, -0.1) is 0 Å². The number of aromatic nitrogens is 1. The first-order valence-corrected chi connectivity index (χ1v) is 7.48. The maximum atomic E-state index is 8.97. The second-order valence-corrected chi connectivity index (χ2v) is 5.47. The molecular formula is C17H20N4O. The summed E-state index contributed by atoms with van der Waals surface area (Å²) in [5.74, 6) is 0.422. The molecule has 2 rings (SSSR count). The van der Waals surface area contributed by atoms with Crippen molar-refractivity contribution in [1.29, 1.82) is 10.5 Å². The smallest absolute Gasteiger partial charge is 0.148 e. The molecule has 0 aromatic carbocycles. The lowest BCUT2D eigenvalue weighted by Crippen LogP contribution is -2.36. The lowest BCUT2D eigenvalue weighted by molar-refractivity contribution is 0.0578. The fourth-order valence-electron chi connectivity index (χ4n) is 2.66. The second-order valence-electron chi connectivity index (χ2n) is 5.47. The van der Waals surface area contributed by atoms with Crippen molar-refractivity contribution < 1.29 is 4.74 Å². The number of likely N-dealkylation sites (tertiary alicyclic amines) is 1. The monoisotopic (exact) mass is 296 g/mol. The highest BCUT2D eigenvalue weighted by Gasteiger charge is 2.21. The van der Waals surface area contributed by atoms with Crippen molar-refractivity contribution in [3.63, 3.8) is 0 Å². The summed E-state index contributed by atoms with van der Waals surface area (Å²) in [5.41, 5.74) is 1.91. The Balaban J connectivity index is 1.85. The molecule has 1 aromatic rings. The molecule has 0 saturated carbocycles. The molecular weight excluding hydrogens is 276 g/mol. The first kappa shape index (κ1) is 16.0. The van der Waals surface area contributed by atoms with Gasteiger partial charge >= 0.3 is 0 Å². The number of pyridine rings is 1. The molecule has 0 aliphatic carbocycles. The van der Waals surface area contributed by atoms with Crippen LogP contribution in [0.3, 0.4) is 0 Å². The van der Waals surface area contributed by atoms with Crippen LogP contribution in [0.15, 0.2) is 35.7 Å². The molecule has 0 amide bonds. The van der Waals surface area contributed by atoms with Crippen molar-refractivity contribution in [3.8, 4) is 12.1 Å². The average molecular weight is 296 g/mol. The summed E-state index contributed by atoms with van der Waals surface area (Å²) < 4.78 is 5.77. The molecule has 1 aliphatic heterocycles. The number of hydrogen-bond donors (Lipinski definition) is 0. The van der Waals surface area contributed by atoms with E-state index >= 15 is 0 Å². The van der Waals surface area contributed by atoms with Crippen LogP contribution in [0.4, 0.5) is 0 Å². The molecule has 0 N–H and O–H groups in total. The summed E-state index contributed by atoms with van der Waals surface area (Å²) in [6, 6.07) is 9.72. The minimum atomic E-state index is 0.204. The lowest BCUT2D eigenvalue weighted by Gasteiger charge is -2.34. The van der Waals surface area contributed by atoms with Gasteiger partial charge in [0, 0.05) is 25.0 Å². The van der Waals surface area contributed by atoms with Gasteiger partial charge in [-0.1, -0.05) is 6.07 Å². The number of nitriles is 2. The van der Waals surface area contributed by atoms with Crippen molar-refractivity contribution >= 4 is 0 Å². The van der Waals surface area contributed by atoms with Crippen molar-refractivity contribution in [1.82, 2.24) is 9.88 Å². The predicted octanol–water partition coefficient (Wildman–Crippen LogP) is 2.63. The maximum absolute atomic E-state index is 8.97. The van der Waals surface area contributed by atoms with E-state index in [1.54, 1.807) is 6.20 Å². The Morgan fingerprint density at radius 2 is 2.23 bits per heavy atom. The highest BCUT2D eigenvalue weighted by molar-refractivity contribution is 5.38. The van der Waals surface area contributed by atoms with E-state index in [9.17, 15) is 0 Å². The van der Waals surface area contributed by atoms with Gasteiger partial charge in [0.15, 0.2) is 0 Å². The van der Waals surface area contributed by atoms with E-state index in [1.165, 1.54) is 0 Å². The van der Waals surface area contributed by atoms with E-state index < -0.39 is 0 Å². The van der Waals surface area contributed by atoms with Gasteiger partial charge in [-0.2, -0.15) is 10.5 Å². The SMILES string of the molecule is CC(=C(C#N)C#N)N1CCC[C@H](COCc2ccccn2)C1. The number of nitrogens with zero attached hydrogens (tertiary/aromatic N) is 4. The molecule has 22 heavy (non-hydrogen) atoms. The van der Waals surface area contributed by atoms with Gasteiger partial charge in [0.2, 0.25) is 0 Å². The Hall–Kier alpha value is -2.37. The van der Waals surface area contributed by atoms with Gasteiger partial charge in [-0.3, -0.25) is 4.98 Å². The highest BCUT2D eigenvalue weighted by Crippen LogP contribution is 2.22. The summed E-state index contributed by atoms with van der Waals surface area (Å²) in [4.78, 5) is 6.36. The quantitative estimate of drug-likeness (QED) is 0.781. The Labute approximate surface area is 131 Å². The summed E-state index contributed by atoms with van der Waals surface area (Å²) in [6.07, 6.45) is 3.93. The second kappa shape index (κ2) is 8.17. The number of hydrogen-bond acceptors (Lipinski definition) is 5. The molecule has 0 radical (unpaired) electrons. The Bertz CT molecular complexity index is 581. The Morgan fingerprint density at radius 1 is 1.41 bits per heavy atom. The van der Waals surface area contributed by atoms with Crippen LogP contribution in [0.25, 0.3) is 0 Å². The first-order valence-electron chi connectivity index (χ1n) is 7.48. The van der Waals surface area contributed by atoms with Crippen LogP contribution < -0.4 is 0 Å². The number of allylic oxidation sites excluding steroid dienone is 2. The third-order valence-corrected chi connectivity index (χ3v) is 3.91. The van der Waals surface area contributed by atoms with Gasteiger partial charge in [0.25, 0.3) is 0 Å². The van der Waals surface area contributed by atoms with Gasteiger partial charge in [0.05, 0.1) is 18.9 Å². The standard InChI is InChI=1S/C17H20N4O/c1-14(16(9-18)10-19)21-8-4-5-15(11-21)12-22-13-17-6-2-3-7-20-17/h2-3,6-7,15H,4-5,8,11-13H2,1H3/t15-/m0/s1. The Kier molecular flexibility index (Phi) is 5.94. The fraction of sp³-hybridized carbons (Fsp3) is 0.471. The molecule has 0 spiro atoms. The summed E-state index contributed by atoms with van der Waals surface area (Å²) in [7, 11) is 0. The van der Waals surface area contributed by atoms with Crippen LogP contribution in [0.1, 0.15) is 25.5 Å². The molecule has 1 saturated heterocycles. The molecule has 5 nitrogen and oxygen atoms in total. The molecule has 1 aliphatic rings. The van der Waals surface area contributed by atoms with E-state index in [2.05, 4.69) is 9.88 Å². The van der Waals surface area contributed by atoms with E-state index in [1.807, 2.05) is 37.3 Å².